The van der Waals surface area contributed by atoms with Gasteiger partial charge >= 0.3 is 0 Å². The average Bonchev–Trinajstić information content (AvgIpc) is 2.62. The SMILES string of the molecule is Cc1nc(NCCN(C)C)cc(Nc2ccc(N3CCC(C)CC3)cc2)n1. The fourth-order valence-electron chi connectivity index (χ4n) is 3.30. The fourth-order valence-corrected chi connectivity index (χ4v) is 3.30. The van der Waals surface area contributed by atoms with Gasteiger partial charge in [0.15, 0.2) is 0 Å². The molecule has 1 fully saturated rings. The number of aryl methyl sites for hydroxylation is 1. The normalized spacial score (nSPS) is 15.2. The Kier molecular flexibility index (Phi) is 6.50. The summed E-state index contributed by atoms with van der Waals surface area (Å²) in [5.74, 6) is 3.27. The largest absolute Gasteiger partial charge is 0.372 e. The van der Waals surface area contributed by atoms with Crippen LogP contribution in [0.3, 0.4) is 0 Å². The molecule has 0 bridgehead atoms. The van der Waals surface area contributed by atoms with Gasteiger partial charge in [-0.3, -0.25) is 0 Å². The quantitative estimate of drug-likeness (QED) is 0.776. The maximum atomic E-state index is 4.51. The van der Waals surface area contributed by atoms with Gasteiger partial charge < -0.3 is 20.4 Å². The molecule has 1 aromatic heterocycles. The van der Waals surface area contributed by atoms with Gasteiger partial charge in [-0.05, 0) is 64.0 Å². The molecule has 146 valence electrons. The number of nitrogens with zero attached hydrogens (tertiary/aromatic N) is 4. The van der Waals surface area contributed by atoms with E-state index >= 15 is 0 Å². The van der Waals surface area contributed by atoms with E-state index < -0.39 is 0 Å². The second-order valence-electron chi connectivity index (χ2n) is 7.76. The van der Waals surface area contributed by atoms with Gasteiger partial charge in [0, 0.05) is 43.6 Å². The lowest BCUT2D eigenvalue weighted by atomic mass is 9.99. The van der Waals surface area contributed by atoms with Crippen molar-refractivity contribution in [1.29, 1.82) is 0 Å². The topological polar surface area (TPSA) is 56.3 Å². The van der Waals surface area contributed by atoms with E-state index in [1.54, 1.807) is 0 Å². The summed E-state index contributed by atoms with van der Waals surface area (Å²) in [6.45, 7) is 8.39. The number of hydrogen-bond donors (Lipinski definition) is 2. The molecule has 2 heterocycles. The van der Waals surface area contributed by atoms with Crippen molar-refractivity contribution in [3.63, 3.8) is 0 Å². The van der Waals surface area contributed by atoms with Crippen molar-refractivity contribution in [3.8, 4) is 0 Å². The van der Waals surface area contributed by atoms with Crippen LogP contribution in [-0.2, 0) is 0 Å². The van der Waals surface area contributed by atoms with E-state index in [0.29, 0.717) is 0 Å². The van der Waals surface area contributed by atoms with Crippen molar-refractivity contribution in [3.05, 3.63) is 36.2 Å². The Morgan fingerprint density at radius 1 is 1.07 bits per heavy atom. The molecule has 27 heavy (non-hydrogen) atoms. The molecule has 0 amide bonds. The van der Waals surface area contributed by atoms with E-state index in [9.17, 15) is 0 Å². The van der Waals surface area contributed by atoms with Crippen LogP contribution in [0.15, 0.2) is 30.3 Å². The second-order valence-corrected chi connectivity index (χ2v) is 7.76. The van der Waals surface area contributed by atoms with E-state index in [0.717, 1.165) is 55.2 Å². The average molecular weight is 369 g/mol. The molecule has 1 saturated heterocycles. The van der Waals surface area contributed by atoms with Crippen molar-refractivity contribution in [2.45, 2.75) is 26.7 Å². The van der Waals surface area contributed by atoms with Crippen molar-refractivity contribution in [2.75, 3.05) is 55.8 Å². The molecule has 1 aliphatic heterocycles. The van der Waals surface area contributed by atoms with Crippen molar-refractivity contribution < 1.29 is 0 Å². The number of anilines is 4. The summed E-state index contributed by atoms with van der Waals surface area (Å²) in [7, 11) is 4.13. The lowest BCUT2D eigenvalue weighted by Crippen LogP contribution is -2.32. The van der Waals surface area contributed by atoms with Gasteiger partial charge in [-0.25, -0.2) is 9.97 Å². The molecule has 0 radical (unpaired) electrons. The number of hydrogen-bond acceptors (Lipinski definition) is 6. The first-order valence-corrected chi connectivity index (χ1v) is 9.86. The van der Waals surface area contributed by atoms with Crippen LogP contribution in [0, 0.1) is 12.8 Å². The number of likely N-dealkylation sites (N-methyl/N-ethyl adjacent to an activating group) is 1. The van der Waals surface area contributed by atoms with E-state index in [1.807, 2.05) is 13.0 Å². The molecule has 6 nitrogen and oxygen atoms in total. The minimum absolute atomic E-state index is 0.756. The zero-order valence-corrected chi connectivity index (χ0v) is 17.0. The predicted octanol–water partition coefficient (Wildman–Crippen LogP) is 3.74. The molecule has 0 atom stereocenters. The van der Waals surface area contributed by atoms with E-state index in [1.165, 1.54) is 18.5 Å². The van der Waals surface area contributed by atoms with Crippen LogP contribution in [0.1, 0.15) is 25.6 Å². The summed E-state index contributed by atoms with van der Waals surface area (Å²) in [5.41, 5.74) is 2.35. The maximum Gasteiger partial charge on any atom is 0.136 e. The zero-order valence-electron chi connectivity index (χ0n) is 17.0. The van der Waals surface area contributed by atoms with E-state index in [4.69, 9.17) is 0 Å². The molecular weight excluding hydrogens is 336 g/mol. The maximum absolute atomic E-state index is 4.51. The molecule has 6 heteroatoms. The standard InChI is InChI=1S/C21H32N6/c1-16-9-12-27(13-10-16)19-7-5-18(6-8-19)25-21-15-20(23-17(2)24-21)22-11-14-26(3)4/h5-8,15-16H,9-14H2,1-4H3,(H2,22,23,24,25). The van der Waals surface area contributed by atoms with Crippen molar-refractivity contribution in [2.24, 2.45) is 5.92 Å². The van der Waals surface area contributed by atoms with Gasteiger partial charge in [-0.1, -0.05) is 6.92 Å². The highest BCUT2D eigenvalue weighted by molar-refractivity contribution is 5.62. The Labute approximate surface area is 163 Å². The Hall–Kier alpha value is -2.34. The van der Waals surface area contributed by atoms with Crippen LogP contribution in [-0.4, -0.2) is 55.1 Å². The van der Waals surface area contributed by atoms with E-state index in [-0.39, 0.29) is 0 Å². The van der Waals surface area contributed by atoms with Crippen molar-refractivity contribution >= 4 is 23.0 Å². The van der Waals surface area contributed by atoms with Crippen LogP contribution in [0.25, 0.3) is 0 Å². The number of aromatic nitrogens is 2. The Bertz CT molecular complexity index is 720. The number of nitrogens with one attached hydrogen (secondary N) is 2. The lowest BCUT2D eigenvalue weighted by molar-refractivity contribution is 0.425. The first kappa shape index (κ1) is 19.4. The summed E-state index contributed by atoms with van der Waals surface area (Å²) in [6.07, 6.45) is 2.56. The summed E-state index contributed by atoms with van der Waals surface area (Å²) < 4.78 is 0. The van der Waals surface area contributed by atoms with Crippen LogP contribution in [0.5, 0.6) is 0 Å². The van der Waals surface area contributed by atoms with Crippen LogP contribution < -0.4 is 15.5 Å². The molecule has 0 unspecified atom stereocenters. The van der Waals surface area contributed by atoms with Crippen LogP contribution >= 0.6 is 0 Å². The third-order valence-electron chi connectivity index (χ3n) is 4.99. The first-order valence-electron chi connectivity index (χ1n) is 9.86. The molecule has 2 aromatic rings. The fraction of sp³-hybridized carbons (Fsp3) is 0.524. The lowest BCUT2D eigenvalue weighted by Gasteiger charge is -2.32. The minimum Gasteiger partial charge on any atom is -0.372 e. The minimum atomic E-state index is 0.756. The van der Waals surface area contributed by atoms with Gasteiger partial charge in [-0.2, -0.15) is 0 Å². The van der Waals surface area contributed by atoms with Gasteiger partial charge in [0.2, 0.25) is 0 Å². The second kappa shape index (κ2) is 9.04. The highest BCUT2D eigenvalue weighted by Crippen LogP contribution is 2.25. The molecular formula is C21H32N6. The molecule has 0 spiro atoms. The number of benzene rings is 1. The predicted molar refractivity (Wildman–Crippen MR) is 114 cm³/mol. The summed E-state index contributed by atoms with van der Waals surface area (Å²) in [4.78, 5) is 13.6. The first-order chi connectivity index (χ1) is 13.0. The van der Waals surface area contributed by atoms with Gasteiger partial charge in [0.1, 0.15) is 17.5 Å². The van der Waals surface area contributed by atoms with Crippen LogP contribution in [0.2, 0.25) is 0 Å². The zero-order chi connectivity index (χ0) is 19.2. The third-order valence-corrected chi connectivity index (χ3v) is 4.99. The Morgan fingerprint density at radius 2 is 1.74 bits per heavy atom. The van der Waals surface area contributed by atoms with Crippen LogP contribution in [0.4, 0.5) is 23.0 Å². The van der Waals surface area contributed by atoms with E-state index in [2.05, 4.69) is 75.7 Å². The number of rotatable bonds is 7. The smallest absolute Gasteiger partial charge is 0.136 e. The molecule has 0 saturated carbocycles. The molecule has 3 rings (SSSR count). The van der Waals surface area contributed by atoms with Gasteiger partial charge in [0.25, 0.3) is 0 Å². The van der Waals surface area contributed by atoms with Gasteiger partial charge in [0.05, 0.1) is 0 Å². The van der Waals surface area contributed by atoms with Crippen molar-refractivity contribution in [1.82, 2.24) is 14.9 Å². The summed E-state index contributed by atoms with van der Waals surface area (Å²) >= 11 is 0. The third kappa shape index (κ3) is 5.82. The molecule has 1 aliphatic rings. The monoisotopic (exact) mass is 368 g/mol. The Balaban J connectivity index is 1.62. The summed E-state index contributed by atoms with van der Waals surface area (Å²) in [5, 5.41) is 6.76. The highest BCUT2D eigenvalue weighted by atomic mass is 15.1. The molecule has 2 N–H and O–H groups in total. The molecule has 1 aromatic carbocycles. The summed E-state index contributed by atoms with van der Waals surface area (Å²) in [6, 6.07) is 10.6. The van der Waals surface area contributed by atoms with Gasteiger partial charge in [-0.15, -0.1) is 0 Å². The highest BCUT2D eigenvalue weighted by Gasteiger charge is 2.15. The number of piperidine rings is 1. The molecule has 0 aliphatic carbocycles. The Morgan fingerprint density at radius 3 is 2.41 bits per heavy atom.